The van der Waals surface area contributed by atoms with Crippen LogP contribution < -0.4 is 9.62 Å². The van der Waals surface area contributed by atoms with Crippen molar-refractivity contribution in [3.05, 3.63) is 77.9 Å². The number of quaternary nitrogens is 1. The summed E-state index contributed by atoms with van der Waals surface area (Å²) in [7, 11) is 0.549. The highest BCUT2D eigenvalue weighted by Gasteiger charge is 2.41. The van der Waals surface area contributed by atoms with Crippen LogP contribution in [0.5, 0.6) is 0 Å². The van der Waals surface area contributed by atoms with E-state index in [4.69, 9.17) is 0 Å². The molecule has 128 valence electrons. The van der Waals surface area contributed by atoms with Crippen molar-refractivity contribution in [3.8, 4) is 0 Å². The first-order valence-electron chi connectivity index (χ1n) is 8.38. The zero-order valence-corrected chi connectivity index (χ0v) is 15.0. The first-order chi connectivity index (χ1) is 12.0. The monoisotopic (exact) mass is 353 g/mol. The molecular weight excluding hydrogens is 332 g/mol. The molecule has 0 saturated heterocycles. The minimum absolute atomic E-state index is 0.0413. The summed E-state index contributed by atoms with van der Waals surface area (Å²) >= 11 is 0. The molecule has 1 aliphatic rings. The third kappa shape index (κ3) is 2.65. The SMILES string of the molecule is C[NH+](C)[C@H]1c2cccc3cccc(c23)[C@H]1NS(=O)(=O)c1ccccc1. The third-order valence-electron chi connectivity index (χ3n) is 4.93. The van der Waals surface area contributed by atoms with Gasteiger partial charge in [0.1, 0.15) is 12.1 Å². The van der Waals surface area contributed by atoms with Crippen molar-refractivity contribution in [2.24, 2.45) is 0 Å². The van der Waals surface area contributed by atoms with E-state index in [-0.39, 0.29) is 12.1 Å². The van der Waals surface area contributed by atoms with E-state index in [1.165, 1.54) is 15.8 Å². The molecule has 5 heteroatoms. The Hall–Kier alpha value is -2.21. The molecule has 25 heavy (non-hydrogen) atoms. The molecule has 4 nitrogen and oxygen atoms in total. The Morgan fingerprint density at radius 2 is 1.48 bits per heavy atom. The zero-order valence-electron chi connectivity index (χ0n) is 14.2. The standard InChI is InChI=1S/C20H20N2O2S/c1-22(2)20-17-13-7-9-14-8-6-12-16(18(14)17)19(20)21-25(23,24)15-10-4-3-5-11-15/h3-13,19-21H,1-2H3/p+1/t19-,20+/m1/s1. The molecule has 0 fully saturated rings. The van der Waals surface area contributed by atoms with Crippen molar-refractivity contribution in [1.82, 2.24) is 4.72 Å². The lowest BCUT2D eigenvalue weighted by Gasteiger charge is -2.25. The van der Waals surface area contributed by atoms with Crippen LogP contribution in [0.25, 0.3) is 10.8 Å². The van der Waals surface area contributed by atoms with E-state index in [9.17, 15) is 8.42 Å². The second-order valence-electron chi connectivity index (χ2n) is 6.76. The first kappa shape index (κ1) is 16.3. The minimum Gasteiger partial charge on any atom is -0.332 e. The van der Waals surface area contributed by atoms with E-state index in [1.807, 2.05) is 24.3 Å². The fraction of sp³-hybridized carbons (Fsp3) is 0.200. The van der Waals surface area contributed by atoms with Gasteiger partial charge in [-0.3, -0.25) is 0 Å². The number of sulfonamides is 1. The maximum atomic E-state index is 12.9. The lowest BCUT2D eigenvalue weighted by Crippen LogP contribution is -3.06. The van der Waals surface area contributed by atoms with Gasteiger partial charge < -0.3 is 4.90 Å². The molecule has 0 aliphatic heterocycles. The summed E-state index contributed by atoms with van der Waals surface area (Å²) in [5.41, 5.74) is 2.26. The van der Waals surface area contributed by atoms with Crippen molar-refractivity contribution in [1.29, 1.82) is 0 Å². The van der Waals surface area contributed by atoms with E-state index in [2.05, 4.69) is 37.0 Å². The lowest BCUT2D eigenvalue weighted by atomic mass is 10.0. The van der Waals surface area contributed by atoms with Gasteiger partial charge in [0.25, 0.3) is 0 Å². The maximum absolute atomic E-state index is 12.9. The quantitative estimate of drug-likeness (QED) is 0.754. The van der Waals surface area contributed by atoms with Crippen LogP contribution in [0.15, 0.2) is 71.6 Å². The smallest absolute Gasteiger partial charge is 0.241 e. The van der Waals surface area contributed by atoms with E-state index < -0.39 is 10.0 Å². The van der Waals surface area contributed by atoms with E-state index in [0.29, 0.717) is 4.90 Å². The molecule has 2 N–H and O–H groups in total. The van der Waals surface area contributed by atoms with Crippen molar-refractivity contribution in [3.63, 3.8) is 0 Å². The maximum Gasteiger partial charge on any atom is 0.241 e. The molecule has 1 aliphatic carbocycles. The van der Waals surface area contributed by atoms with Crippen molar-refractivity contribution >= 4 is 20.8 Å². The van der Waals surface area contributed by atoms with Gasteiger partial charge >= 0.3 is 0 Å². The second-order valence-corrected chi connectivity index (χ2v) is 8.47. The van der Waals surface area contributed by atoms with Crippen LogP contribution in [-0.4, -0.2) is 22.5 Å². The largest absolute Gasteiger partial charge is 0.332 e. The molecule has 3 aromatic carbocycles. The zero-order chi connectivity index (χ0) is 17.6. The molecule has 0 bridgehead atoms. The average molecular weight is 353 g/mol. The molecule has 0 spiro atoms. The summed E-state index contributed by atoms with van der Waals surface area (Å²) in [4.78, 5) is 1.50. The van der Waals surface area contributed by atoms with Gasteiger partial charge in [-0.2, -0.15) is 4.72 Å². The predicted octanol–water partition coefficient (Wildman–Crippen LogP) is 2.06. The third-order valence-corrected chi connectivity index (χ3v) is 6.39. The highest BCUT2D eigenvalue weighted by Crippen LogP contribution is 2.42. The molecule has 0 amide bonds. The predicted molar refractivity (Wildman–Crippen MR) is 99.0 cm³/mol. The molecule has 2 atom stereocenters. The number of nitrogens with one attached hydrogen (secondary N) is 2. The number of likely N-dealkylation sites (N-methyl/N-ethyl adjacent to an activating group) is 1. The van der Waals surface area contributed by atoms with E-state index in [0.717, 1.165) is 10.9 Å². The first-order valence-corrected chi connectivity index (χ1v) is 9.86. The average Bonchev–Trinajstić information content (AvgIpc) is 2.91. The Bertz CT molecular complexity index is 1020. The Kier molecular flexibility index (Phi) is 3.87. The van der Waals surface area contributed by atoms with Crippen LogP contribution in [0.2, 0.25) is 0 Å². The number of rotatable bonds is 4. The molecule has 0 aromatic heterocycles. The Morgan fingerprint density at radius 1 is 0.840 bits per heavy atom. The number of hydrogen-bond acceptors (Lipinski definition) is 2. The summed E-state index contributed by atoms with van der Waals surface area (Å²) in [5, 5.41) is 2.33. The minimum atomic E-state index is -3.59. The van der Waals surface area contributed by atoms with E-state index in [1.54, 1.807) is 24.3 Å². The Balaban J connectivity index is 1.84. The molecule has 0 heterocycles. The van der Waals surface area contributed by atoms with Crippen molar-refractivity contribution in [2.75, 3.05) is 14.1 Å². The van der Waals surface area contributed by atoms with Gasteiger partial charge in [-0.05, 0) is 28.5 Å². The van der Waals surface area contributed by atoms with Crippen LogP contribution in [0.1, 0.15) is 23.2 Å². The molecule has 0 radical (unpaired) electrons. The Morgan fingerprint density at radius 3 is 2.12 bits per heavy atom. The number of hydrogen-bond donors (Lipinski definition) is 2. The normalized spacial score (nSPS) is 19.6. The summed E-state index contributed by atoms with van der Waals surface area (Å²) in [5.74, 6) is 0. The Labute approximate surface area is 148 Å². The van der Waals surface area contributed by atoms with Gasteiger partial charge in [0.2, 0.25) is 10.0 Å². The van der Waals surface area contributed by atoms with Crippen LogP contribution in [0.4, 0.5) is 0 Å². The van der Waals surface area contributed by atoms with Gasteiger partial charge in [0.15, 0.2) is 0 Å². The molecule has 0 unspecified atom stereocenters. The lowest BCUT2D eigenvalue weighted by molar-refractivity contribution is -0.894. The van der Waals surface area contributed by atoms with Crippen LogP contribution in [0, 0.1) is 0 Å². The van der Waals surface area contributed by atoms with Gasteiger partial charge in [-0.25, -0.2) is 8.42 Å². The van der Waals surface area contributed by atoms with Gasteiger partial charge in [0, 0.05) is 5.56 Å². The molecule has 0 saturated carbocycles. The molecule has 3 aromatic rings. The van der Waals surface area contributed by atoms with Crippen molar-refractivity contribution in [2.45, 2.75) is 17.0 Å². The fourth-order valence-corrected chi connectivity index (χ4v) is 5.14. The second kappa shape index (κ2) is 5.95. The van der Waals surface area contributed by atoms with E-state index >= 15 is 0 Å². The van der Waals surface area contributed by atoms with Gasteiger partial charge in [-0.1, -0.05) is 54.6 Å². The highest BCUT2D eigenvalue weighted by molar-refractivity contribution is 7.89. The molecular formula is C20H21N2O2S+. The fourth-order valence-electron chi connectivity index (χ4n) is 3.89. The summed E-state index contributed by atoms with van der Waals surface area (Å²) in [6.45, 7) is 0. The summed E-state index contributed by atoms with van der Waals surface area (Å²) in [6, 6.07) is 20.7. The van der Waals surface area contributed by atoms with Crippen molar-refractivity contribution < 1.29 is 13.3 Å². The van der Waals surface area contributed by atoms with Gasteiger partial charge in [-0.15, -0.1) is 0 Å². The topological polar surface area (TPSA) is 50.6 Å². The summed E-state index contributed by atoms with van der Waals surface area (Å²) < 4.78 is 28.8. The molecule has 4 rings (SSSR count). The summed E-state index contributed by atoms with van der Waals surface area (Å²) in [6.07, 6.45) is 0. The highest BCUT2D eigenvalue weighted by atomic mass is 32.2. The van der Waals surface area contributed by atoms with Crippen LogP contribution in [-0.2, 0) is 10.0 Å². The van der Waals surface area contributed by atoms with Crippen LogP contribution in [0.3, 0.4) is 0 Å². The van der Waals surface area contributed by atoms with Gasteiger partial charge in [0.05, 0.1) is 19.0 Å². The number of benzene rings is 3. The van der Waals surface area contributed by atoms with Crippen LogP contribution >= 0.6 is 0 Å².